The Kier molecular flexibility index (Phi) is 4.74. The number of aliphatic carboxylic acids is 1. The molecule has 0 aromatic heterocycles. The van der Waals surface area contributed by atoms with E-state index in [0.29, 0.717) is 0 Å². The average molecular weight is 263 g/mol. The molecular weight excluding hydrogens is 251 g/mol. The van der Waals surface area contributed by atoms with Crippen molar-refractivity contribution in [1.82, 2.24) is 4.72 Å². The van der Waals surface area contributed by atoms with Gasteiger partial charge in [-0.2, -0.15) is 17.9 Å². The van der Waals surface area contributed by atoms with Crippen molar-refractivity contribution in [2.75, 3.05) is 0 Å². The van der Waals surface area contributed by atoms with Gasteiger partial charge in [-0.05, 0) is 5.92 Å². The minimum atomic E-state index is -5.63. The van der Waals surface area contributed by atoms with E-state index in [2.05, 4.69) is 0 Å². The van der Waals surface area contributed by atoms with Gasteiger partial charge in [0, 0.05) is 0 Å². The lowest BCUT2D eigenvalue weighted by atomic mass is 10.0. The van der Waals surface area contributed by atoms with E-state index in [1.54, 1.807) is 6.92 Å². The highest BCUT2D eigenvalue weighted by atomic mass is 32.2. The fourth-order valence-electron chi connectivity index (χ4n) is 0.880. The molecule has 16 heavy (non-hydrogen) atoms. The predicted octanol–water partition coefficient (Wildman–Crippen LogP) is 0.925. The van der Waals surface area contributed by atoms with Gasteiger partial charge in [0.15, 0.2) is 0 Å². The third kappa shape index (κ3) is 3.63. The smallest absolute Gasteiger partial charge is 0.480 e. The number of nitrogens with one attached hydrogen (secondary N) is 1. The van der Waals surface area contributed by atoms with Gasteiger partial charge >= 0.3 is 21.5 Å². The zero-order valence-corrected chi connectivity index (χ0v) is 9.39. The number of hydrogen-bond donors (Lipinski definition) is 2. The van der Waals surface area contributed by atoms with E-state index < -0.39 is 33.5 Å². The van der Waals surface area contributed by atoms with Crippen molar-refractivity contribution in [2.45, 2.75) is 31.8 Å². The van der Waals surface area contributed by atoms with E-state index in [4.69, 9.17) is 5.11 Å². The Hall–Kier alpha value is -0.830. The second-order valence-corrected chi connectivity index (χ2v) is 4.97. The Labute approximate surface area is 90.7 Å². The summed E-state index contributed by atoms with van der Waals surface area (Å²) in [6, 6.07) is -1.78. The number of alkyl halides is 3. The van der Waals surface area contributed by atoms with Gasteiger partial charge in [-0.1, -0.05) is 20.3 Å². The van der Waals surface area contributed by atoms with Gasteiger partial charge in [0.25, 0.3) is 0 Å². The molecule has 0 aromatic carbocycles. The number of sulfonamides is 1. The number of halogens is 3. The summed E-state index contributed by atoms with van der Waals surface area (Å²) in [5, 5.41) is 8.61. The SMILES string of the molecule is CC[C@H](C)[C@H](NS(=O)(=O)C(F)(F)F)C(=O)O. The highest BCUT2D eigenvalue weighted by molar-refractivity contribution is 7.90. The summed E-state index contributed by atoms with van der Waals surface area (Å²) in [6.45, 7) is 2.89. The Bertz CT molecular complexity index is 351. The summed E-state index contributed by atoms with van der Waals surface area (Å²) in [5.74, 6) is -2.38. The van der Waals surface area contributed by atoms with Gasteiger partial charge in [-0.15, -0.1) is 0 Å². The molecule has 0 rings (SSSR count). The molecule has 0 fully saturated rings. The van der Waals surface area contributed by atoms with Crippen molar-refractivity contribution in [1.29, 1.82) is 0 Å². The van der Waals surface area contributed by atoms with Gasteiger partial charge in [-0.25, -0.2) is 8.42 Å². The predicted molar refractivity (Wildman–Crippen MR) is 49.0 cm³/mol. The van der Waals surface area contributed by atoms with Gasteiger partial charge in [-0.3, -0.25) is 4.79 Å². The zero-order valence-electron chi connectivity index (χ0n) is 8.58. The molecule has 0 saturated heterocycles. The molecule has 0 saturated carbocycles. The summed E-state index contributed by atoms with van der Waals surface area (Å²) in [7, 11) is -5.63. The third-order valence-corrected chi connectivity index (χ3v) is 3.24. The van der Waals surface area contributed by atoms with Crippen molar-refractivity contribution in [2.24, 2.45) is 5.92 Å². The highest BCUT2D eigenvalue weighted by Gasteiger charge is 2.48. The number of rotatable bonds is 5. The Balaban J connectivity index is 4.99. The number of hydrogen-bond acceptors (Lipinski definition) is 3. The lowest BCUT2D eigenvalue weighted by Gasteiger charge is -2.20. The molecule has 0 spiro atoms. The van der Waals surface area contributed by atoms with Crippen LogP contribution < -0.4 is 4.72 Å². The van der Waals surface area contributed by atoms with Crippen LogP contribution in [0.1, 0.15) is 20.3 Å². The second-order valence-electron chi connectivity index (χ2n) is 3.27. The van der Waals surface area contributed by atoms with Crippen molar-refractivity contribution < 1.29 is 31.5 Å². The largest absolute Gasteiger partial charge is 0.511 e. The molecule has 9 heteroatoms. The summed E-state index contributed by atoms with van der Waals surface area (Å²) in [4.78, 5) is 10.6. The van der Waals surface area contributed by atoms with Crippen molar-refractivity contribution in [3.05, 3.63) is 0 Å². The van der Waals surface area contributed by atoms with Crippen LogP contribution in [0.5, 0.6) is 0 Å². The van der Waals surface area contributed by atoms with Crippen molar-refractivity contribution in [3.63, 3.8) is 0 Å². The first-order valence-corrected chi connectivity index (χ1v) is 5.82. The first-order valence-electron chi connectivity index (χ1n) is 4.34. The maximum atomic E-state index is 12.0. The average Bonchev–Trinajstić information content (AvgIpc) is 2.10. The molecule has 0 unspecified atom stereocenters. The molecule has 0 aliphatic rings. The Morgan fingerprint density at radius 3 is 2.12 bits per heavy atom. The van der Waals surface area contributed by atoms with Crippen LogP contribution in [-0.4, -0.2) is 31.0 Å². The molecular formula is C7H12F3NO4S. The number of carbonyl (C=O) groups is 1. The van der Waals surface area contributed by atoms with E-state index >= 15 is 0 Å². The van der Waals surface area contributed by atoms with Crippen LogP contribution in [0, 0.1) is 5.92 Å². The molecule has 0 aliphatic heterocycles. The van der Waals surface area contributed by atoms with Crippen LogP contribution in [0.2, 0.25) is 0 Å². The first kappa shape index (κ1) is 15.2. The van der Waals surface area contributed by atoms with E-state index in [0.717, 1.165) is 4.72 Å². The van der Waals surface area contributed by atoms with Crippen LogP contribution in [-0.2, 0) is 14.8 Å². The molecule has 2 atom stereocenters. The monoisotopic (exact) mass is 263 g/mol. The molecule has 0 radical (unpaired) electrons. The van der Waals surface area contributed by atoms with Gasteiger partial charge in [0.1, 0.15) is 6.04 Å². The first-order chi connectivity index (χ1) is 7.03. The molecule has 0 aromatic rings. The normalized spacial score (nSPS) is 16.8. The van der Waals surface area contributed by atoms with Gasteiger partial charge in [0.05, 0.1) is 0 Å². The van der Waals surface area contributed by atoms with E-state index in [9.17, 15) is 26.4 Å². The third-order valence-electron chi connectivity index (χ3n) is 2.07. The summed E-state index contributed by atoms with van der Waals surface area (Å²) < 4.78 is 58.5. The standard InChI is InChI=1S/C7H12F3NO4S/c1-3-4(2)5(6(12)13)11-16(14,15)7(8,9)10/h4-5,11H,3H2,1-2H3,(H,12,13)/t4-,5-/m0/s1. The van der Waals surface area contributed by atoms with Crippen molar-refractivity contribution in [3.8, 4) is 0 Å². The van der Waals surface area contributed by atoms with Crippen LogP contribution in [0.15, 0.2) is 0 Å². The quantitative estimate of drug-likeness (QED) is 0.772. The molecule has 5 nitrogen and oxygen atoms in total. The zero-order chi connectivity index (χ0) is 13.1. The maximum absolute atomic E-state index is 12.0. The summed E-state index contributed by atoms with van der Waals surface area (Å²) in [5.41, 5.74) is -5.51. The molecule has 0 heterocycles. The minimum absolute atomic E-state index is 0.233. The molecule has 0 bridgehead atoms. The number of carboxylic acids is 1. The number of carboxylic acid groups (broad SMARTS) is 1. The van der Waals surface area contributed by atoms with Gasteiger partial charge < -0.3 is 5.11 Å². The van der Waals surface area contributed by atoms with E-state index in [1.807, 2.05) is 0 Å². The Morgan fingerprint density at radius 1 is 1.44 bits per heavy atom. The summed E-state index contributed by atoms with van der Waals surface area (Å²) in [6.07, 6.45) is 0.233. The molecule has 0 amide bonds. The second kappa shape index (κ2) is 5.00. The topological polar surface area (TPSA) is 83.5 Å². The van der Waals surface area contributed by atoms with Crippen LogP contribution in [0.4, 0.5) is 13.2 Å². The van der Waals surface area contributed by atoms with E-state index in [-0.39, 0.29) is 6.42 Å². The van der Waals surface area contributed by atoms with E-state index in [1.165, 1.54) is 6.92 Å². The molecule has 96 valence electrons. The molecule has 2 N–H and O–H groups in total. The lowest BCUT2D eigenvalue weighted by molar-refractivity contribution is -0.140. The fraction of sp³-hybridized carbons (Fsp3) is 0.857. The highest BCUT2D eigenvalue weighted by Crippen LogP contribution is 2.23. The fourth-order valence-corrected chi connectivity index (χ4v) is 1.68. The van der Waals surface area contributed by atoms with Crippen LogP contribution >= 0.6 is 0 Å². The minimum Gasteiger partial charge on any atom is -0.480 e. The lowest BCUT2D eigenvalue weighted by Crippen LogP contribution is -2.49. The van der Waals surface area contributed by atoms with Crippen LogP contribution in [0.25, 0.3) is 0 Å². The Morgan fingerprint density at radius 2 is 1.88 bits per heavy atom. The summed E-state index contributed by atoms with van der Waals surface area (Å²) >= 11 is 0. The van der Waals surface area contributed by atoms with Crippen LogP contribution in [0.3, 0.4) is 0 Å². The molecule has 0 aliphatic carbocycles. The maximum Gasteiger partial charge on any atom is 0.511 e. The van der Waals surface area contributed by atoms with Crippen molar-refractivity contribution >= 4 is 16.0 Å². The van der Waals surface area contributed by atoms with Gasteiger partial charge in [0.2, 0.25) is 0 Å².